The van der Waals surface area contributed by atoms with Gasteiger partial charge in [-0.05, 0) is 18.2 Å². The molecule has 0 aliphatic carbocycles. The lowest BCUT2D eigenvalue weighted by Gasteiger charge is -2.16. The molecule has 0 radical (unpaired) electrons. The van der Waals surface area contributed by atoms with Gasteiger partial charge in [0.2, 0.25) is 0 Å². The van der Waals surface area contributed by atoms with Gasteiger partial charge in [0.25, 0.3) is 5.91 Å². The first kappa shape index (κ1) is 14.4. The van der Waals surface area contributed by atoms with Gasteiger partial charge in [0.1, 0.15) is 5.82 Å². The predicted octanol–water partition coefficient (Wildman–Crippen LogP) is 2.11. The van der Waals surface area contributed by atoms with E-state index in [4.69, 9.17) is 11.6 Å². The minimum absolute atomic E-state index is 0.0382. The first-order valence-corrected chi connectivity index (χ1v) is 5.61. The van der Waals surface area contributed by atoms with E-state index < -0.39 is 11.8 Å². The Labute approximate surface area is 109 Å². The largest absolute Gasteiger partial charge is 0.469 e. The van der Waals surface area contributed by atoms with Gasteiger partial charge >= 0.3 is 5.97 Å². The monoisotopic (exact) mass is 273 g/mol. The smallest absolute Gasteiger partial charge is 0.307 e. The molecule has 0 aliphatic heterocycles. The second-order valence-corrected chi connectivity index (χ2v) is 4.09. The summed E-state index contributed by atoms with van der Waals surface area (Å²) in [6, 6.07) is 3.82. The number of carbonyl (C=O) groups excluding carboxylic acids is 2. The zero-order chi connectivity index (χ0) is 13.7. The van der Waals surface area contributed by atoms with Crippen molar-refractivity contribution in [1.82, 2.24) is 4.90 Å². The summed E-state index contributed by atoms with van der Waals surface area (Å²) in [4.78, 5) is 24.1. The van der Waals surface area contributed by atoms with Gasteiger partial charge in [-0.1, -0.05) is 11.6 Å². The molecule has 1 amide bonds. The molecule has 0 saturated carbocycles. The quantitative estimate of drug-likeness (QED) is 0.790. The number of benzene rings is 1. The van der Waals surface area contributed by atoms with E-state index in [1.54, 1.807) is 0 Å². The molecule has 0 bridgehead atoms. The molecule has 18 heavy (non-hydrogen) atoms. The predicted molar refractivity (Wildman–Crippen MR) is 65.0 cm³/mol. The lowest BCUT2D eigenvalue weighted by molar-refractivity contribution is -0.140. The molecule has 0 unspecified atom stereocenters. The molecule has 0 saturated heterocycles. The van der Waals surface area contributed by atoms with Gasteiger partial charge in [0.05, 0.1) is 18.6 Å². The molecule has 1 aromatic rings. The molecule has 1 rings (SSSR count). The van der Waals surface area contributed by atoms with Crippen molar-refractivity contribution >= 4 is 23.5 Å². The van der Waals surface area contributed by atoms with Crippen molar-refractivity contribution < 1.29 is 18.7 Å². The van der Waals surface area contributed by atoms with Gasteiger partial charge in [-0.2, -0.15) is 0 Å². The fourth-order valence-corrected chi connectivity index (χ4v) is 1.43. The van der Waals surface area contributed by atoms with Crippen molar-refractivity contribution in [3.05, 3.63) is 34.6 Å². The van der Waals surface area contributed by atoms with E-state index in [0.29, 0.717) is 0 Å². The van der Waals surface area contributed by atoms with E-state index in [0.717, 1.165) is 6.07 Å². The molecule has 0 aliphatic rings. The van der Waals surface area contributed by atoms with Crippen LogP contribution in [-0.4, -0.2) is 37.5 Å². The highest BCUT2D eigenvalue weighted by Gasteiger charge is 2.14. The van der Waals surface area contributed by atoms with Gasteiger partial charge in [-0.15, -0.1) is 0 Å². The number of carbonyl (C=O) groups is 2. The van der Waals surface area contributed by atoms with Crippen LogP contribution in [0.4, 0.5) is 4.39 Å². The Morgan fingerprint density at radius 3 is 2.67 bits per heavy atom. The lowest BCUT2D eigenvalue weighted by atomic mass is 10.2. The first-order valence-electron chi connectivity index (χ1n) is 5.23. The number of hydrogen-bond donors (Lipinski definition) is 0. The van der Waals surface area contributed by atoms with Gasteiger partial charge in [-0.25, -0.2) is 4.39 Å². The summed E-state index contributed by atoms with van der Waals surface area (Å²) >= 11 is 5.53. The fourth-order valence-electron chi connectivity index (χ4n) is 1.31. The summed E-state index contributed by atoms with van der Waals surface area (Å²) < 4.78 is 17.7. The molecule has 98 valence electrons. The standard InChI is InChI=1S/C12H13ClFNO3/c1-15(6-5-11(16)18-2)12(17)8-3-4-9(13)10(14)7-8/h3-4,7H,5-6H2,1-2H3. The Balaban J connectivity index is 2.68. The summed E-state index contributed by atoms with van der Waals surface area (Å²) in [5.74, 6) is -1.43. The van der Waals surface area contributed by atoms with Gasteiger partial charge in [-0.3, -0.25) is 9.59 Å². The maximum absolute atomic E-state index is 13.2. The van der Waals surface area contributed by atoms with Crippen LogP contribution in [0.2, 0.25) is 5.02 Å². The first-order chi connectivity index (χ1) is 8.45. The van der Waals surface area contributed by atoms with Crippen molar-refractivity contribution in [3.8, 4) is 0 Å². The molecule has 4 nitrogen and oxygen atoms in total. The topological polar surface area (TPSA) is 46.6 Å². The number of esters is 1. The van der Waals surface area contributed by atoms with Crippen molar-refractivity contribution in [2.24, 2.45) is 0 Å². The Kier molecular flexibility index (Phi) is 5.09. The van der Waals surface area contributed by atoms with Crippen molar-refractivity contribution in [1.29, 1.82) is 0 Å². The van der Waals surface area contributed by atoms with Gasteiger partial charge < -0.3 is 9.64 Å². The third-order valence-corrected chi connectivity index (χ3v) is 2.70. The summed E-state index contributed by atoms with van der Waals surface area (Å²) in [5.41, 5.74) is 0.185. The van der Waals surface area contributed by atoms with Crippen LogP contribution in [0.1, 0.15) is 16.8 Å². The van der Waals surface area contributed by atoms with Crippen LogP contribution in [0.15, 0.2) is 18.2 Å². The normalized spacial score (nSPS) is 10.0. The number of methoxy groups -OCH3 is 1. The molecule has 1 aromatic carbocycles. The van der Waals surface area contributed by atoms with Crippen LogP contribution in [-0.2, 0) is 9.53 Å². The molecule has 0 atom stereocenters. The highest BCUT2D eigenvalue weighted by Crippen LogP contribution is 2.16. The Bertz CT molecular complexity index is 465. The van der Waals surface area contributed by atoms with E-state index >= 15 is 0 Å². The number of rotatable bonds is 4. The van der Waals surface area contributed by atoms with Crippen LogP contribution in [0, 0.1) is 5.82 Å². The molecular formula is C12H13ClFNO3. The van der Waals surface area contributed by atoms with Crippen molar-refractivity contribution in [2.45, 2.75) is 6.42 Å². The Morgan fingerprint density at radius 1 is 1.44 bits per heavy atom. The Hall–Kier alpha value is -1.62. The molecule has 0 heterocycles. The Morgan fingerprint density at radius 2 is 2.11 bits per heavy atom. The number of halogens is 2. The SMILES string of the molecule is COC(=O)CCN(C)C(=O)c1ccc(Cl)c(F)c1. The zero-order valence-corrected chi connectivity index (χ0v) is 10.8. The van der Waals surface area contributed by atoms with Crippen molar-refractivity contribution in [2.75, 3.05) is 20.7 Å². The third kappa shape index (κ3) is 3.70. The average Bonchev–Trinajstić information content (AvgIpc) is 2.37. The second-order valence-electron chi connectivity index (χ2n) is 3.68. The van der Waals surface area contributed by atoms with E-state index in [-0.39, 0.29) is 29.5 Å². The molecule has 0 aromatic heterocycles. The fraction of sp³-hybridized carbons (Fsp3) is 0.333. The number of hydrogen-bond acceptors (Lipinski definition) is 3. The lowest BCUT2D eigenvalue weighted by Crippen LogP contribution is -2.29. The van der Waals surface area contributed by atoms with Crippen molar-refractivity contribution in [3.63, 3.8) is 0 Å². The average molecular weight is 274 g/mol. The maximum atomic E-state index is 13.2. The van der Waals surface area contributed by atoms with Crippen LogP contribution >= 0.6 is 11.6 Å². The third-order valence-electron chi connectivity index (χ3n) is 2.39. The van der Waals surface area contributed by atoms with E-state index in [1.807, 2.05) is 0 Å². The summed E-state index contributed by atoms with van der Waals surface area (Å²) in [6.45, 7) is 0.204. The van der Waals surface area contributed by atoms with Gasteiger partial charge in [0, 0.05) is 19.2 Å². The van der Waals surface area contributed by atoms with Crippen LogP contribution in [0.25, 0.3) is 0 Å². The molecule has 0 fully saturated rings. The van der Waals surface area contributed by atoms with Crippen LogP contribution in [0.3, 0.4) is 0 Å². The van der Waals surface area contributed by atoms with E-state index in [1.165, 1.54) is 31.2 Å². The number of ether oxygens (including phenoxy) is 1. The summed E-state index contributed by atoms with van der Waals surface area (Å²) in [6.07, 6.45) is 0.0921. The van der Waals surface area contributed by atoms with Crippen LogP contribution in [0.5, 0.6) is 0 Å². The molecule has 0 N–H and O–H groups in total. The summed E-state index contributed by atoms with van der Waals surface area (Å²) in [5, 5.41) is -0.0382. The van der Waals surface area contributed by atoms with Crippen LogP contribution < -0.4 is 0 Å². The zero-order valence-electron chi connectivity index (χ0n) is 10.1. The molecule has 0 spiro atoms. The number of amides is 1. The van der Waals surface area contributed by atoms with E-state index in [9.17, 15) is 14.0 Å². The maximum Gasteiger partial charge on any atom is 0.307 e. The highest BCUT2D eigenvalue weighted by atomic mass is 35.5. The van der Waals surface area contributed by atoms with E-state index in [2.05, 4.69) is 4.74 Å². The van der Waals surface area contributed by atoms with Gasteiger partial charge in [0.15, 0.2) is 0 Å². The number of nitrogens with zero attached hydrogens (tertiary/aromatic N) is 1. The molecular weight excluding hydrogens is 261 g/mol. The molecule has 6 heteroatoms. The summed E-state index contributed by atoms with van der Waals surface area (Å²) in [7, 11) is 2.80. The minimum Gasteiger partial charge on any atom is -0.469 e. The second kappa shape index (κ2) is 6.35. The highest BCUT2D eigenvalue weighted by molar-refractivity contribution is 6.30. The minimum atomic E-state index is -0.649.